The molecular formula is C13H12FN3O. The molecule has 2 aromatic heterocycles. The molecule has 0 spiro atoms. The van der Waals surface area contributed by atoms with Crippen LogP contribution in [0.25, 0.3) is 11.0 Å². The zero-order valence-electron chi connectivity index (χ0n) is 9.85. The molecule has 92 valence electrons. The number of aromatic nitrogens is 2. The van der Waals surface area contributed by atoms with E-state index in [1.54, 1.807) is 10.6 Å². The van der Waals surface area contributed by atoms with E-state index in [1.165, 1.54) is 12.1 Å². The molecule has 3 aromatic rings. The number of halogens is 1. The van der Waals surface area contributed by atoms with Crippen molar-refractivity contribution in [1.82, 2.24) is 9.55 Å². The van der Waals surface area contributed by atoms with Crippen LogP contribution in [-0.2, 0) is 6.54 Å². The van der Waals surface area contributed by atoms with E-state index in [-0.39, 0.29) is 5.82 Å². The molecule has 3 rings (SSSR count). The number of nitrogens with zero attached hydrogens (tertiary/aromatic N) is 2. The van der Waals surface area contributed by atoms with Gasteiger partial charge in [0.1, 0.15) is 17.3 Å². The van der Waals surface area contributed by atoms with Crippen LogP contribution in [0.5, 0.6) is 0 Å². The van der Waals surface area contributed by atoms with Crippen molar-refractivity contribution in [2.75, 3.05) is 5.73 Å². The fourth-order valence-electron chi connectivity index (χ4n) is 2.01. The summed E-state index contributed by atoms with van der Waals surface area (Å²) in [6.07, 6.45) is 0. The van der Waals surface area contributed by atoms with Gasteiger partial charge in [-0.05, 0) is 31.2 Å². The second-order valence-electron chi connectivity index (χ2n) is 4.20. The molecule has 0 radical (unpaired) electrons. The van der Waals surface area contributed by atoms with Crippen LogP contribution >= 0.6 is 0 Å². The molecular weight excluding hydrogens is 233 g/mol. The molecule has 0 aliphatic rings. The molecule has 4 nitrogen and oxygen atoms in total. The van der Waals surface area contributed by atoms with Crippen LogP contribution in [-0.4, -0.2) is 9.55 Å². The average molecular weight is 245 g/mol. The number of imidazole rings is 1. The Balaban J connectivity index is 2.08. The first kappa shape index (κ1) is 10.8. The first-order valence-electron chi connectivity index (χ1n) is 5.60. The highest BCUT2D eigenvalue weighted by Crippen LogP contribution is 2.21. The van der Waals surface area contributed by atoms with Crippen molar-refractivity contribution in [2.45, 2.75) is 13.5 Å². The van der Waals surface area contributed by atoms with Crippen LogP contribution in [0.15, 0.2) is 34.7 Å². The lowest BCUT2D eigenvalue weighted by atomic mass is 10.3. The van der Waals surface area contributed by atoms with Crippen LogP contribution in [0.2, 0.25) is 0 Å². The summed E-state index contributed by atoms with van der Waals surface area (Å²) < 4.78 is 20.4. The Labute approximate surface area is 103 Å². The van der Waals surface area contributed by atoms with E-state index >= 15 is 0 Å². The van der Waals surface area contributed by atoms with Crippen molar-refractivity contribution in [3.05, 3.63) is 47.7 Å². The van der Waals surface area contributed by atoms with Gasteiger partial charge in [0, 0.05) is 6.07 Å². The number of aryl methyl sites for hydroxylation is 1. The van der Waals surface area contributed by atoms with Crippen molar-refractivity contribution < 1.29 is 8.81 Å². The van der Waals surface area contributed by atoms with Crippen LogP contribution in [0.3, 0.4) is 0 Å². The molecule has 1 aromatic carbocycles. The maximum absolute atomic E-state index is 13.1. The standard InChI is InChI=1S/C13H12FN3O/c1-8-2-4-10(18-8)7-17-12-5-3-9(14)6-11(12)16-13(17)15/h2-6H,7H2,1H3,(H2,15,16). The molecule has 0 aliphatic carbocycles. The van der Waals surface area contributed by atoms with E-state index in [0.29, 0.717) is 18.0 Å². The largest absolute Gasteiger partial charge is 0.464 e. The Hall–Kier alpha value is -2.30. The first-order valence-corrected chi connectivity index (χ1v) is 5.60. The lowest BCUT2D eigenvalue weighted by Gasteiger charge is -2.03. The third-order valence-corrected chi connectivity index (χ3v) is 2.85. The second-order valence-corrected chi connectivity index (χ2v) is 4.20. The van der Waals surface area contributed by atoms with Gasteiger partial charge in [0.05, 0.1) is 17.6 Å². The molecule has 5 heteroatoms. The lowest BCUT2D eigenvalue weighted by Crippen LogP contribution is -2.03. The van der Waals surface area contributed by atoms with Gasteiger partial charge in [-0.2, -0.15) is 0 Å². The maximum atomic E-state index is 13.1. The topological polar surface area (TPSA) is 57.0 Å². The van der Waals surface area contributed by atoms with Gasteiger partial charge in [-0.3, -0.25) is 0 Å². The Bertz CT molecular complexity index is 714. The summed E-state index contributed by atoms with van der Waals surface area (Å²) in [7, 11) is 0. The summed E-state index contributed by atoms with van der Waals surface area (Å²) in [6, 6.07) is 8.22. The lowest BCUT2D eigenvalue weighted by molar-refractivity contribution is 0.473. The fraction of sp³-hybridized carbons (Fsp3) is 0.154. The average Bonchev–Trinajstić information content (AvgIpc) is 2.84. The predicted molar refractivity (Wildman–Crippen MR) is 66.7 cm³/mol. The Kier molecular flexibility index (Phi) is 2.33. The Morgan fingerprint density at radius 3 is 2.89 bits per heavy atom. The summed E-state index contributed by atoms with van der Waals surface area (Å²) in [6.45, 7) is 2.37. The number of hydrogen-bond donors (Lipinski definition) is 1. The van der Waals surface area contributed by atoms with Crippen molar-refractivity contribution in [3.8, 4) is 0 Å². The van der Waals surface area contributed by atoms with Gasteiger partial charge < -0.3 is 14.7 Å². The van der Waals surface area contributed by atoms with Crippen LogP contribution in [0, 0.1) is 12.7 Å². The predicted octanol–water partition coefficient (Wildman–Crippen LogP) is 2.71. The quantitative estimate of drug-likeness (QED) is 0.755. The van der Waals surface area contributed by atoms with Gasteiger partial charge in [-0.15, -0.1) is 0 Å². The molecule has 0 aliphatic heterocycles. The normalized spacial score (nSPS) is 11.2. The number of furan rings is 1. The summed E-state index contributed by atoms with van der Waals surface area (Å²) in [5, 5.41) is 0. The van der Waals surface area contributed by atoms with E-state index in [9.17, 15) is 4.39 Å². The van der Waals surface area contributed by atoms with Gasteiger partial charge in [0.25, 0.3) is 0 Å². The summed E-state index contributed by atoms with van der Waals surface area (Å²) in [4.78, 5) is 4.14. The number of benzene rings is 1. The van der Waals surface area contributed by atoms with Crippen LogP contribution in [0.1, 0.15) is 11.5 Å². The smallest absolute Gasteiger partial charge is 0.201 e. The van der Waals surface area contributed by atoms with E-state index in [2.05, 4.69) is 4.98 Å². The fourth-order valence-corrected chi connectivity index (χ4v) is 2.01. The number of anilines is 1. The SMILES string of the molecule is Cc1ccc(Cn2c(N)nc3cc(F)ccc32)o1. The highest BCUT2D eigenvalue weighted by molar-refractivity contribution is 5.78. The molecule has 0 fully saturated rings. The minimum absolute atomic E-state index is 0.319. The van der Waals surface area contributed by atoms with E-state index in [0.717, 1.165) is 17.0 Å². The van der Waals surface area contributed by atoms with E-state index in [4.69, 9.17) is 10.2 Å². The summed E-state index contributed by atoms with van der Waals surface area (Å²) in [5.41, 5.74) is 7.19. The third-order valence-electron chi connectivity index (χ3n) is 2.85. The zero-order chi connectivity index (χ0) is 12.7. The van der Waals surface area contributed by atoms with Crippen molar-refractivity contribution in [2.24, 2.45) is 0 Å². The zero-order valence-corrected chi connectivity index (χ0v) is 9.85. The van der Waals surface area contributed by atoms with E-state index in [1.807, 2.05) is 19.1 Å². The molecule has 0 saturated heterocycles. The summed E-state index contributed by atoms with van der Waals surface area (Å²) in [5.74, 6) is 1.67. The monoisotopic (exact) mass is 245 g/mol. The molecule has 18 heavy (non-hydrogen) atoms. The first-order chi connectivity index (χ1) is 8.63. The van der Waals surface area contributed by atoms with Crippen molar-refractivity contribution in [1.29, 1.82) is 0 Å². The highest BCUT2D eigenvalue weighted by Gasteiger charge is 2.10. The van der Waals surface area contributed by atoms with Gasteiger partial charge in [0.2, 0.25) is 5.95 Å². The Morgan fingerprint density at radius 1 is 1.33 bits per heavy atom. The van der Waals surface area contributed by atoms with Crippen molar-refractivity contribution in [3.63, 3.8) is 0 Å². The van der Waals surface area contributed by atoms with Gasteiger partial charge >= 0.3 is 0 Å². The number of hydrogen-bond acceptors (Lipinski definition) is 3. The number of fused-ring (bicyclic) bond motifs is 1. The highest BCUT2D eigenvalue weighted by atomic mass is 19.1. The molecule has 0 unspecified atom stereocenters. The summed E-state index contributed by atoms with van der Waals surface area (Å²) >= 11 is 0. The molecule has 0 atom stereocenters. The maximum Gasteiger partial charge on any atom is 0.201 e. The van der Waals surface area contributed by atoms with Gasteiger partial charge in [-0.1, -0.05) is 0 Å². The van der Waals surface area contributed by atoms with Crippen LogP contribution in [0.4, 0.5) is 10.3 Å². The van der Waals surface area contributed by atoms with Crippen LogP contribution < -0.4 is 5.73 Å². The number of rotatable bonds is 2. The van der Waals surface area contributed by atoms with E-state index < -0.39 is 0 Å². The molecule has 0 bridgehead atoms. The van der Waals surface area contributed by atoms with Gasteiger partial charge in [0.15, 0.2) is 0 Å². The molecule has 2 N–H and O–H groups in total. The molecule has 0 saturated carbocycles. The Morgan fingerprint density at radius 2 is 2.17 bits per heavy atom. The molecule has 2 heterocycles. The van der Waals surface area contributed by atoms with Gasteiger partial charge in [-0.25, -0.2) is 9.37 Å². The third kappa shape index (κ3) is 1.73. The second kappa shape index (κ2) is 3.87. The minimum atomic E-state index is -0.319. The minimum Gasteiger partial charge on any atom is -0.464 e. The number of nitrogen functional groups attached to an aromatic ring is 1. The number of nitrogens with two attached hydrogens (primary N) is 1. The molecule has 0 amide bonds. The van der Waals surface area contributed by atoms with Crippen molar-refractivity contribution >= 4 is 17.0 Å².